The second-order valence-electron chi connectivity index (χ2n) is 4.54. The van der Waals surface area contributed by atoms with Crippen LogP contribution >= 0.6 is 31.9 Å². The van der Waals surface area contributed by atoms with Crippen molar-refractivity contribution < 1.29 is 9.47 Å². The summed E-state index contributed by atoms with van der Waals surface area (Å²) < 4.78 is 12.7. The van der Waals surface area contributed by atoms with Crippen molar-refractivity contribution in [1.82, 2.24) is 0 Å². The highest BCUT2D eigenvalue weighted by molar-refractivity contribution is 9.11. The smallest absolute Gasteiger partial charge is 0.134 e. The molecule has 0 radical (unpaired) electrons. The van der Waals surface area contributed by atoms with Crippen molar-refractivity contribution in [2.45, 2.75) is 19.3 Å². The van der Waals surface area contributed by atoms with Gasteiger partial charge < -0.3 is 9.47 Å². The van der Waals surface area contributed by atoms with Gasteiger partial charge in [0.25, 0.3) is 0 Å². The maximum atomic E-state index is 8.77. The van der Waals surface area contributed by atoms with Crippen LogP contribution in [0.5, 0.6) is 11.5 Å². The summed E-state index contributed by atoms with van der Waals surface area (Å²) in [6.45, 7) is 0.595. The molecule has 0 spiro atoms. The lowest BCUT2D eigenvalue weighted by molar-refractivity contribution is 0.235. The molecule has 1 saturated carbocycles. The highest BCUT2D eigenvalue weighted by Gasteiger charge is 2.43. The van der Waals surface area contributed by atoms with E-state index in [0.29, 0.717) is 13.0 Å². The molecule has 5 heteroatoms. The molecule has 0 heterocycles. The first kappa shape index (κ1) is 13.7. The molecule has 0 saturated heterocycles. The maximum absolute atomic E-state index is 8.77. The lowest BCUT2D eigenvalue weighted by Gasteiger charge is -2.15. The number of nitrogens with zero attached hydrogens (tertiary/aromatic N) is 1. The van der Waals surface area contributed by atoms with Crippen LogP contribution in [0.4, 0.5) is 0 Å². The van der Waals surface area contributed by atoms with E-state index in [1.807, 2.05) is 12.1 Å². The van der Waals surface area contributed by atoms with Crippen LogP contribution in [0.2, 0.25) is 0 Å². The van der Waals surface area contributed by atoms with Crippen molar-refractivity contribution >= 4 is 31.9 Å². The Hall–Kier alpha value is -0.730. The number of rotatable bonds is 5. The molecule has 3 nitrogen and oxygen atoms in total. The Morgan fingerprint density at radius 3 is 2.44 bits per heavy atom. The second-order valence-corrected chi connectivity index (χ2v) is 6.25. The number of hydrogen-bond donors (Lipinski definition) is 0. The Labute approximate surface area is 123 Å². The Kier molecular flexibility index (Phi) is 4.18. The van der Waals surface area contributed by atoms with Crippen LogP contribution in [0.15, 0.2) is 21.1 Å². The summed E-state index contributed by atoms with van der Waals surface area (Å²) in [5.74, 6) is 1.53. The lowest BCUT2D eigenvalue weighted by Crippen LogP contribution is -2.12. The molecule has 0 amide bonds. The molecule has 18 heavy (non-hydrogen) atoms. The van der Waals surface area contributed by atoms with E-state index >= 15 is 0 Å². The molecular formula is C13H13Br2NO2. The number of hydrogen-bond acceptors (Lipinski definition) is 3. The summed E-state index contributed by atoms with van der Waals surface area (Å²) in [5.41, 5.74) is 0.0839. The minimum atomic E-state index is 0.0839. The molecular weight excluding hydrogens is 362 g/mol. The first-order valence-corrected chi connectivity index (χ1v) is 7.22. The largest absolute Gasteiger partial charge is 0.496 e. The van der Waals surface area contributed by atoms with Crippen LogP contribution < -0.4 is 9.47 Å². The quantitative estimate of drug-likeness (QED) is 0.771. The van der Waals surface area contributed by atoms with Crippen LogP contribution in [-0.2, 0) is 0 Å². The molecule has 0 aromatic heterocycles. The van der Waals surface area contributed by atoms with E-state index in [1.165, 1.54) is 0 Å². The third-order valence-corrected chi connectivity index (χ3v) is 4.39. The highest BCUT2D eigenvalue weighted by Crippen LogP contribution is 2.49. The molecule has 2 rings (SSSR count). The average Bonchev–Trinajstić information content (AvgIpc) is 3.10. The standard InChI is InChI=1S/C13H13Br2NO2/c1-17-11-6-10(15)12(7-9(11)14)18-8-13(2-3-13)4-5-16/h6-7H,2-4,8H2,1H3. The maximum Gasteiger partial charge on any atom is 0.134 e. The van der Waals surface area contributed by atoms with Gasteiger partial charge in [-0.3, -0.25) is 0 Å². The van der Waals surface area contributed by atoms with E-state index in [9.17, 15) is 0 Å². The van der Waals surface area contributed by atoms with Gasteiger partial charge in [-0.25, -0.2) is 0 Å². The number of halogens is 2. The summed E-state index contributed by atoms with van der Waals surface area (Å²) in [6.07, 6.45) is 2.73. The zero-order valence-corrected chi connectivity index (χ0v) is 13.2. The molecule has 0 bridgehead atoms. The molecule has 1 aromatic rings. The predicted octanol–water partition coefficient (Wildman–Crippen LogP) is 4.29. The van der Waals surface area contributed by atoms with Gasteiger partial charge in [0.15, 0.2) is 0 Å². The van der Waals surface area contributed by atoms with Gasteiger partial charge in [-0.1, -0.05) is 0 Å². The number of ether oxygens (including phenoxy) is 2. The lowest BCUT2D eigenvalue weighted by atomic mass is 10.1. The fourth-order valence-electron chi connectivity index (χ4n) is 1.72. The Morgan fingerprint density at radius 1 is 1.28 bits per heavy atom. The topological polar surface area (TPSA) is 42.2 Å². The number of nitriles is 1. The van der Waals surface area contributed by atoms with Gasteiger partial charge in [-0.15, -0.1) is 0 Å². The monoisotopic (exact) mass is 373 g/mol. The Morgan fingerprint density at radius 2 is 1.89 bits per heavy atom. The van der Waals surface area contributed by atoms with E-state index in [-0.39, 0.29) is 5.41 Å². The van der Waals surface area contributed by atoms with Crippen molar-refractivity contribution in [2.24, 2.45) is 5.41 Å². The van der Waals surface area contributed by atoms with E-state index in [0.717, 1.165) is 33.3 Å². The van der Waals surface area contributed by atoms with Gasteiger partial charge in [0.05, 0.1) is 28.7 Å². The van der Waals surface area contributed by atoms with Crippen molar-refractivity contribution in [3.63, 3.8) is 0 Å². The first-order valence-electron chi connectivity index (χ1n) is 5.63. The second kappa shape index (κ2) is 5.50. The minimum Gasteiger partial charge on any atom is -0.496 e. The van der Waals surface area contributed by atoms with Crippen molar-refractivity contribution in [3.8, 4) is 17.6 Å². The third kappa shape index (κ3) is 2.99. The van der Waals surface area contributed by atoms with E-state index in [1.54, 1.807) is 7.11 Å². The SMILES string of the molecule is COc1cc(Br)c(OCC2(CC#N)CC2)cc1Br. The van der Waals surface area contributed by atoms with Crippen molar-refractivity contribution in [1.29, 1.82) is 5.26 Å². The molecule has 1 aliphatic rings. The highest BCUT2D eigenvalue weighted by atomic mass is 79.9. The number of methoxy groups -OCH3 is 1. The van der Waals surface area contributed by atoms with Crippen LogP contribution in [-0.4, -0.2) is 13.7 Å². The summed E-state index contributed by atoms with van der Waals surface area (Å²) in [7, 11) is 1.62. The molecule has 0 aliphatic heterocycles. The molecule has 1 fully saturated rings. The minimum absolute atomic E-state index is 0.0839. The zero-order chi connectivity index (χ0) is 13.2. The molecule has 0 unspecified atom stereocenters. The Balaban J connectivity index is 2.06. The normalized spacial score (nSPS) is 15.9. The van der Waals surface area contributed by atoms with Crippen LogP contribution in [0.1, 0.15) is 19.3 Å². The van der Waals surface area contributed by atoms with Crippen molar-refractivity contribution in [3.05, 3.63) is 21.1 Å². The predicted molar refractivity (Wildman–Crippen MR) is 75.8 cm³/mol. The summed E-state index contributed by atoms with van der Waals surface area (Å²) in [6, 6.07) is 5.97. The van der Waals surface area contributed by atoms with E-state index < -0.39 is 0 Å². The fraction of sp³-hybridized carbons (Fsp3) is 0.462. The zero-order valence-electron chi connectivity index (χ0n) is 10.0. The van der Waals surface area contributed by atoms with E-state index in [4.69, 9.17) is 14.7 Å². The summed E-state index contributed by atoms with van der Waals surface area (Å²) in [5, 5.41) is 8.77. The van der Waals surface area contributed by atoms with Crippen LogP contribution in [0.25, 0.3) is 0 Å². The first-order chi connectivity index (χ1) is 8.60. The van der Waals surface area contributed by atoms with E-state index in [2.05, 4.69) is 37.9 Å². The third-order valence-electron chi connectivity index (χ3n) is 3.15. The Bertz CT molecular complexity index is 492. The van der Waals surface area contributed by atoms with Gasteiger partial charge >= 0.3 is 0 Å². The van der Waals surface area contributed by atoms with Gasteiger partial charge in [0.2, 0.25) is 0 Å². The summed E-state index contributed by atoms with van der Waals surface area (Å²) >= 11 is 6.89. The number of benzene rings is 1. The molecule has 1 aromatic carbocycles. The molecule has 0 atom stereocenters. The average molecular weight is 375 g/mol. The molecule has 0 N–H and O–H groups in total. The van der Waals surface area contributed by atoms with Gasteiger partial charge in [-0.05, 0) is 56.8 Å². The fourth-order valence-corrected chi connectivity index (χ4v) is 2.65. The summed E-state index contributed by atoms with van der Waals surface area (Å²) in [4.78, 5) is 0. The van der Waals surface area contributed by atoms with Crippen molar-refractivity contribution in [2.75, 3.05) is 13.7 Å². The van der Waals surface area contributed by atoms with Gasteiger partial charge in [-0.2, -0.15) is 5.26 Å². The molecule has 96 valence electrons. The molecule has 1 aliphatic carbocycles. The van der Waals surface area contributed by atoms with Crippen LogP contribution in [0, 0.1) is 16.7 Å². The van der Waals surface area contributed by atoms with Crippen LogP contribution in [0.3, 0.4) is 0 Å². The van der Waals surface area contributed by atoms with Gasteiger partial charge in [0.1, 0.15) is 11.5 Å². The van der Waals surface area contributed by atoms with Gasteiger partial charge in [0, 0.05) is 11.8 Å².